The number of hydrogen-bond donors (Lipinski definition) is 2. The van der Waals surface area contributed by atoms with Crippen molar-refractivity contribution >= 4 is 23.2 Å². The van der Waals surface area contributed by atoms with Crippen LogP contribution in [-0.4, -0.2) is 18.4 Å². The zero-order valence-electron chi connectivity index (χ0n) is 12.7. The zero-order valence-corrected chi connectivity index (χ0v) is 12.7. The van der Waals surface area contributed by atoms with Crippen molar-refractivity contribution in [1.29, 1.82) is 0 Å². The number of fused-ring (bicyclic) bond motifs is 1. The van der Waals surface area contributed by atoms with Gasteiger partial charge in [0.1, 0.15) is 11.6 Å². The molecule has 1 fully saturated rings. The number of anilines is 2. The summed E-state index contributed by atoms with van der Waals surface area (Å²) in [5.41, 5.74) is 2.13. The summed E-state index contributed by atoms with van der Waals surface area (Å²) in [6.07, 6.45) is 0.752. The van der Waals surface area contributed by atoms with Crippen molar-refractivity contribution in [3.05, 3.63) is 53.8 Å². The number of amides is 2. The molecule has 6 heteroatoms. The molecule has 5 nitrogen and oxygen atoms in total. The van der Waals surface area contributed by atoms with Crippen molar-refractivity contribution in [3.63, 3.8) is 0 Å². The van der Waals surface area contributed by atoms with E-state index in [1.807, 2.05) is 0 Å². The maximum absolute atomic E-state index is 13.0. The van der Waals surface area contributed by atoms with Crippen molar-refractivity contribution < 1.29 is 18.7 Å². The molecule has 2 unspecified atom stereocenters. The SMILES string of the molecule is O=C1COc2ccc(NC(=O)C3CC3c3ccc(F)cc3)cc2N1. The maximum atomic E-state index is 13.0. The second-order valence-corrected chi connectivity index (χ2v) is 6.04. The molecule has 1 saturated carbocycles. The molecule has 2 N–H and O–H groups in total. The number of benzene rings is 2. The second kappa shape index (κ2) is 5.63. The van der Waals surface area contributed by atoms with Gasteiger partial charge in [0, 0.05) is 11.6 Å². The summed E-state index contributed by atoms with van der Waals surface area (Å²) in [5.74, 6) is 0.0300. The lowest BCUT2D eigenvalue weighted by Crippen LogP contribution is -2.25. The minimum Gasteiger partial charge on any atom is -0.482 e. The van der Waals surface area contributed by atoms with Gasteiger partial charge in [-0.05, 0) is 48.2 Å². The van der Waals surface area contributed by atoms with Crippen LogP contribution in [0.5, 0.6) is 5.75 Å². The minimum atomic E-state index is -0.279. The molecule has 1 aliphatic heterocycles. The standard InChI is InChI=1S/C18H15FN2O3/c19-11-3-1-10(2-4-11)13-8-14(13)18(23)20-12-5-6-16-15(7-12)21-17(22)9-24-16/h1-7,13-14H,8-9H2,(H,20,23)(H,21,22). The van der Waals surface area contributed by atoms with E-state index in [1.54, 1.807) is 30.3 Å². The fourth-order valence-corrected chi connectivity index (χ4v) is 2.96. The fraction of sp³-hybridized carbons (Fsp3) is 0.222. The zero-order chi connectivity index (χ0) is 16.7. The van der Waals surface area contributed by atoms with Gasteiger partial charge >= 0.3 is 0 Å². The van der Waals surface area contributed by atoms with Gasteiger partial charge in [0.25, 0.3) is 5.91 Å². The van der Waals surface area contributed by atoms with Gasteiger partial charge in [-0.1, -0.05) is 12.1 Å². The third-order valence-electron chi connectivity index (χ3n) is 4.31. The molecule has 1 aliphatic carbocycles. The molecular formula is C18H15FN2O3. The molecule has 0 spiro atoms. The molecule has 0 saturated heterocycles. The molecule has 2 aliphatic rings. The van der Waals surface area contributed by atoms with Crippen LogP contribution in [0.1, 0.15) is 17.9 Å². The smallest absolute Gasteiger partial charge is 0.262 e. The molecule has 4 rings (SSSR count). The molecule has 0 aromatic heterocycles. The van der Waals surface area contributed by atoms with Crippen molar-refractivity contribution in [3.8, 4) is 5.75 Å². The molecule has 2 atom stereocenters. The molecule has 2 aromatic carbocycles. The summed E-state index contributed by atoms with van der Waals surface area (Å²) < 4.78 is 18.2. The Morgan fingerprint density at radius 2 is 2.00 bits per heavy atom. The van der Waals surface area contributed by atoms with Crippen LogP contribution >= 0.6 is 0 Å². The van der Waals surface area contributed by atoms with E-state index in [9.17, 15) is 14.0 Å². The van der Waals surface area contributed by atoms with Gasteiger partial charge < -0.3 is 15.4 Å². The minimum absolute atomic E-state index is 0.000129. The highest BCUT2D eigenvalue weighted by Crippen LogP contribution is 2.48. The summed E-state index contributed by atoms with van der Waals surface area (Å²) in [7, 11) is 0. The van der Waals surface area contributed by atoms with Gasteiger partial charge in [0.2, 0.25) is 5.91 Å². The van der Waals surface area contributed by atoms with Crippen molar-refractivity contribution in [2.24, 2.45) is 5.92 Å². The number of carbonyl (C=O) groups excluding carboxylic acids is 2. The molecule has 24 heavy (non-hydrogen) atoms. The first-order chi connectivity index (χ1) is 11.6. The van der Waals surface area contributed by atoms with Gasteiger partial charge in [-0.25, -0.2) is 4.39 Å². The van der Waals surface area contributed by atoms with Crippen LogP contribution in [0, 0.1) is 11.7 Å². The van der Waals surface area contributed by atoms with Crippen LogP contribution in [0.3, 0.4) is 0 Å². The van der Waals surface area contributed by atoms with E-state index in [1.165, 1.54) is 12.1 Å². The molecular weight excluding hydrogens is 311 g/mol. The Hall–Kier alpha value is -2.89. The summed E-state index contributed by atoms with van der Waals surface area (Å²) in [4.78, 5) is 23.7. The molecule has 0 bridgehead atoms. The van der Waals surface area contributed by atoms with E-state index in [0.29, 0.717) is 17.1 Å². The summed E-state index contributed by atoms with van der Waals surface area (Å²) >= 11 is 0. The Morgan fingerprint density at radius 1 is 1.21 bits per heavy atom. The Labute approximate surface area is 137 Å². The maximum Gasteiger partial charge on any atom is 0.262 e. The number of rotatable bonds is 3. The predicted octanol–water partition coefficient (Wildman–Crippen LogP) is 2.90. The van der Waals surface area contributed by atoms with Crippen LogP contribution in [-0.2, 0) is 9.59 Å². The highest BCUT2D eigenvalue weighted by Gasteiger charge is 2.43. The normalized spacial score (nSPS) is 21.3. The Kier molecular flexibility index (Phi) is 3.45. The average Bonchev–Trinajstić information content (AvgIpc) is 3.36. The van der Waals surface area contributed by atoms with E-state index < -0.39 is 0 Å². The first-order valence-electron chi connectivity index (χ1n) is 7.73. The van der Waals surface area contributed by atoms with Crippen molar-refractivity contribution in [2.75, 3.05) is 17.2 Å². The van der Waals surface area contributed by atoms with Gasteiger partial charge in [-0.15, -0.1) is 0 Å². The van der Waals surface area contributed by atoms with E-state index in [2.05, 4.69) is 10.6 Å². The van der Waals surface area contributed by atoms with Gasteiger partial charge in [0.15, 0.2) is 6.61 Å². The summed E-state index contributed by atoms with van der Waals surface area (Å²) in [6.45, 7) is 0.000129. The van der Waals surface area contributed by atoms with E-state index in [0.717, 1.165) is 12.0 Å². The summed E-state index contributed by atoms with van der Waals surface area (Å²) in [5, 5.41) is 5.57. The van der Waals surface area contributed by atoms with E-state index in [-0.39, 0.29) is 36.1 Å². The first kappa shape index (κ1) is 14.7. The van der Waals surface area contributed by atoms with Crippen LogP contribution in [0.4, 0.5) is 15.8 Å². The number of ether oxygens (including phenoxy) is 1. The molecule has 1 heterocycles. The van der Waals surface area contributed by atoms with Gasteiger partial charge in [-0.3, -0.25) is 9.59 Å². The Bertz CT molecular complexity index is 820. The molecule has 122 valence electrons. The lowest BCUT2D eigenvalue weighted by Gasteiger charge is -2.18. The largest absolute Gasteiger partial charge is 0.482 e. The van der Waals surface area contributed by atoms with Crippen LogP contribution in [0.15, 0.2) is 42.5 Å². The number of carbonyl (C=O) groups is 2. The highest BCUT2D eigenvalue weighted by molar-refractivity contribution is 5.99. The number of hydrogen-bond acceptors (Lipinski definition) is 3. The number of halogens is 1. The Morgan fingerprint density at radius 3 is 2.79 bits per heavy atom. The molecule has 2 amide bonds. The third kappa shape index (κ3) is 2.82. The van der Waals surface area contributed by atoms with Crippen molar-refractivity contribution in [2.45, 2.75) is 12.3 Å². The van der Waals surface area contributed by atoms with Gasteiger partial charge in [-0.2, -0.15) is 0 Å². The molecule has 0 radical (unpaired) electrons. The van der Waals surface area contributed by atoms with Gasteiger partial charge in [0.05, 0.1) is 5.69 Å². The lowest BCUT2D eigenvalue weighted by molar-refractivity contribution is -0.119. The summed E-state index contributed by atoms with van der Waals surface area (Å²) in [6, 6.07) is 11.4. The molecule has 2 aromatic rings. The first-order valence-corrected chi connectivity index (χ1v) is 7.73. The average molecular weight is 326 g/mol. The quantitative estimate of drug-likeness (QED) is 0.911. The predicted molar refractivity (Wildman–Crippen MR) is 86.4 cm³/mol. The van der Waals surface area contributed by atoms with E-state index in [4.69, 9.17) is 4.74 Å². The topological polar surface area (TPSA) is 67.4 Å². The van der Waals surface area contributed by atoms with Crippen LogP contribution < -0.4 is 15.4 Å². The van der Waals surface area contributed by atoms with Crippen LogP contribution in [0.2, 0.25) is 0 Å². The highest BCUT2D eigenvalue weighted by atomic mass is 19.1. The Balaban J connectivity index is 1.43. The van der Waals surface area contributed by atoms with E-state index >= 15 is 0 Å². The third-order valence-corrected chi connectivity index (χ3v) is 4.31. The fourth-order valence-electron chi connectivity index (χ4n) is 2.96. The van der Waals surface area contributed by atoms with Crippen molar-refractivity contribution in [1.82, 2.24) is 0 Å². The monoisotopic (exact) mass is 326 g/mol. The lowest BCUT2D eigenvalue weighted by atomic mass is 10.1. The van der Waals surface area contributed by atoms with Crippen LogP contribution in [0.25, 0.3) is 0 Å². The number of nitrogens with one attached hydrogen (secondary N) is 2. The second-order valence-electron chi connectivity index (χ2n) is 6.04.